The minimum Gasteiger partial charge on any atom is -0.398 e. The Balaban J connectivity index is 1.58. The average molecular weight is 289 g/mol. The van der Waals surface area contributed by atoms with Gasteiger partial charge in [0.05, 0.1) is 18.8 Å². The van der Waals surface area contributed by atoms with Crippen molar-refractivity contribution in [1.82, 2.24) is 9.80 Å². The van der Waals surface area contributed by atoms with Crippen LogP contribution in [-0.2, 0) is 4.74 Å². The van der Waals surface area contributed by atoms with Crippen LogP contribution in [0.25, 0.3) is 0 Å². The van der Waals surface area contributed by atoms with E-state index >= 15 is 0 Å². The van der Waals surface area contributed by atoms with Crippen molar-refractivity contribution in [1.29, 1.82) is 0 Å². The standard InChI is InChI=1S/C16H23N3O2/c17-15-4-2-1-3-14(15)16(20)19-7-5-13(6-8-19)18-9-11-21-12-10-18/h1-4,13H,5-12,17H2. The molecule has 0 aromatic heterocycles. The predicted octanol–water partition coefficient (Wildman–Crippen LogP) is 1.21. The van der Waals surface area contributed by atoms with Crippen molar-refractivity contribution in [3.8, 4) is 0 Å². The summed E-state index contributed by atoms with van der Waals surface area (Å²) in [7, 11) is 0. The molecular formula is C16H23N3O2. The molecule has 1 aromatic rings. The molecule has 0 bridgehead atoms. The average Bonchev–Trinajstić information content (AvgIpc) is 2.56. The number of nitrogens with zero attached hydrogens (tertiary/aromatic N) is 2. The van der Waals surface area contributed by atoms with E-state index < -0.39 is 0 Å². The summed E-state index contributed by atoms with van der Waals surface area (Å²) in [6.07, 6.45) is 2.08. The summed E-state index contributed by atoms with van der Waals surface area (Å²) in [6.45, 7) is 5.33. The van der Waals surface area contributed by atoms with Crippen LogP contribution >= 0.6 is 0 Å². The van der Waals surface area contributed by atoms with Crippen molar-refractivity contribution in [3.05, 3.63) is 29.8 Å². The second-order valence-electron chi connectivity index (χ2n) is 5.76. The summed E-state index contributed by atoms with van der Waals surface area (Å²) in [5.74, 6) is 0.0635. The number of ether oxygens (including phenoxy) is 1. The monoisotopic (exact) mass is 289 g/mol. The number of morpholine rings is 1. The van der Waals surface area contributed by atoms with Crippen molar-refractivity contribution >= 4 is 11.6 Å². The highest BCUT2D eigenvalue weighted by Crippen LogP contribution is 2.21. The van der Waals surface area contributed by atoms with Gasteiger partial charge in [0, 0.05) is 37.9 Å². The van der Waals surface area contributed by atoms with Crippen LogP contribution in [-0.4, -0.2) is 61.1 Å². The molecule has 1 amide bonds. The summed E-state index contributed by atoms with van der Waals surface area (Å²) in [5, 5.41) is 0. The topological polar surface area (TPSA) is 58.8 Å². The van der Waals surface area contributed by atoms with E-state index in [2.05, 4.69) is 4.90 Å². The summed E-state index contributed by atoms with van der Waals surface area (Å²) in [6, 6.07) is 7.91. The molecule has 114 valence electrons. The number of rotatable bonds is 2. The van der Waals surface area contributed by atoms with Gasteiger partial charge in [-0.25, -0.2) is 0 Å². The quantitative estimate of drug-likeness (QED) is 0.831. The largest absolute Gasteiger partial charge is 0.398 e. The van der Waals surface area contributed by atoms with Crippen LogP contribution < -0.4 is 5.73 Å². The number of hydrogen-bond acceptors (Lipinski definition) is 4. The van der Waals surface area contributed by atoms with Gasteiger partial charge in [0.25, 0.3) is 5.91 Å². The van der Waals surface area contributed by atoms with Crippen LogP contribution in [0.1, 0.15) is 23.2 Å². The number of carbonyl (C=O) groups excluding carboxylic acids is 1. The Hall–Kier alpha value is -1.59. The van der Waals surface area contributed by atoms with Crippen LogP contribution in [0.5, 0.6) is 0 Å². The molecule has 0 atom stereocenters. The van der Waals surface area contributed by atoms with E-state index in [4.69, 9.17) is 10.5 Å². The fourth-order valence-electron chi connectivity index (χ4n) is 3.24. The summed E-state index contributed by atoms with van der Waals surface area (Å²) in [5.41, 5.74) is 7.10. The molecule has 5 nitrogen and oxygen atoms in total. The lowest BCUT2D eigenvalue weighted by Gasteiger charge is -2.40. The first-order valence-electron chi connectivity index (χ1n) is 7.71. The summed E-state index contributed by atoms with van der Waals surface area (Å²) < 4.78 is 5.40. The molecule has 5 heteroatoms. The van der Waals surface area contributed by atoms with Gasteiger partial charge in [-0.3, -0.25) is 9.69 Å². The van der Waals surface area contributed by atoms with E-state index in [1.54, 1.807) is 6.07 Å². The smallest absolute Gasteiger partial charge is 0.255 e. The maximum Gasteiger partial charge on any atom is 0.255 e. The number of benzene rings is 1. The third kappa shape index (κ3) is 3.19. The molecule has 3 rings (SSSR count). The van der Waals surface area contributed by atoms with Crippen LogP contribution in [0.4, 0.5) is 5.69 Å². The highest BCUT2D eigenvalue weighted by Gasteiger charge is 2.28. The maximum atomic E-state index is 12.5. The number of para-hydroxylation sites is 1. The highest BCUT2D eigenvalue weighted by atomic mass is 16.5. The Bertz CT molecular complexity index is 492. The number of anilines is 1. The molecule has 2 heterocycles. The van der Waals surface area contributed by atoms with E-state index in [1.807, 2.05) is 23.1 Å². The van der Waals surface area contributed by atoms with Crippen LogP contribution in [0, 0.1) is 0 Å². The zero-order valence-electron chi connectivity index (χ0n) is 12.3. The molecule has 2 fully saturated rings. The third-order valence-corrected chi connectivity index (χ3v) is 4.50. The molecule has 1 aromatic carbocycles. The van der Waals surface area contributed by atoms with Gasteiger partial charge in [0.15, 0.2) is 0 Å². The Morgan fingerprint density at radius 2 is 1.76 bits per heavy atom. The van der Waals surface area contributed by atoms with E-state index in [0.29, 0.717) is 17.3 Å². The minimum atomic E-state index is 0.0635. The van der Waals surface area contributed by atoms with Gasteiger partial charge < -0.3 is 15.4 Å². The first kappa shape index (κ1) is 14.4. The summed E-state index contributed by atoms with van der Waals surface area (Å²) >= 11 is 0. The van der Waals surface area contributed by atoms with Gasteiger partial charge in [-0.15, -0.1) is 0 Å². The number of likely N-dealkylation sites (tertiary alicyclic amines) is 1. The van der Waals surface area contributed by atoms with Gasteiger partial charge in [0.2, 0.25) is 0 Å². The Morgan fingerprint density at radius 1 is 1.10 bits per heavy atom. The van der Waals surface area contributed by atoms with E-state index in [0.717, 1.165) is 52.2 Å². The maximum absolute atomic E-state index is 12.5. The van der Waals surface area contributed by atoms with Crippen LogP contribution in [0.2, 0.25) is 0 Å². The fraction of sp³-hybridized carbons (Fsp3) is 0.562. The lowest BCUT2D eigenvalue weighted by Crippen LogP contribution is -2.50. The van der Waals surface area contributed by atoms with E-state index in [-0.39, 0.29) is 5.91 Å². The van der Waals surface area contributed by atoms with Gasteiger partial charge in [-0.1, -0.05) is 12.1 Å². The second-order valence-corrected chi connectivity index (χ2v) is 5.76. The minimum absolute atomic E-state index is 0.0635. The number of amides is 1. The fourth-order valence-corrected chi connectivity index (χ4v) is 3.24. The lowest BCUT2D eigenvalue weighted by atomic mass is 10.0. The van der Waals surface area contributed by atoms with Crippen molar-refractivity contribution in [3.63, 3.8) is 0 Å². The SMILES string of the molecule is Nc1ccccc1C(=O)N1CCC(N2CCOCC2)CC1. The number of carbonyl (C=O) groups is 1. The molecule has 2 saturated heterocycles. The molecule has 2 N–H and O–H groups in total. The Kier molecular flexibility index (Phi) is 4.41. The summed E-state index contributed by atoms with van der Waals surface area (Å²) in [4.78, 5) is 17.0. The second kappa shape index (κ2) is 6.45. The van der Waals surface area contributed by atoms with Crippen LogP contribution in [0.15, 0.2) is 24.3 Å². The van der Waals surface area contributed by atoms with Crippen molar-refractivity contribution in [2.24, 2.45) is 0 Å². The normalized spacial score (nSPS) is 21.4. The molecule has 21 heavy (non-hydrogen) atoms. The number of hydrogen-bond donors (Lipinski definition) is 1. The van der Waals surface area contributed by atoms with Crippen molar-refractivity contribution < 1.29 is 9.53 Å². The zero-order valence-corrected chi connectivity index (χ0v) is 12.3. The Morgan fingerprint density at radius 3 is 2.43 bits per heavy atom. The lowest BCUT2D eigenvalue weighted by molar-refractivity contribution is 0.00160. The Labute approximate surface area is 125 Å². The first-order valence-corrected chi connectivity index (χ1v) is 7.71. The van der Waals surface area contributed by atoms with Gasteiger partial charge in [0.1, 0.15) is 0 Å². The van der Waals surface area contributed by atoms with E-state index in [1.165, 1.54) is 0 Å². The number of nitrogens with two attached hydrogens (primary N) is 1. The third-order valence-electron chi connectivity index (χ3n) is 4.50. The van der Waals surface area contributed by atoms with Gasteiger partial charge >= 0.3 is 0 Å². The van der Waals surface area contributed by atoms with Gasteiger partial charge in [-0.2, -0.15) is 0 Å². The van der Waals surface area contributed by atoms with Crippen molar-refractivity contribution in [2.45, 2.75) is 18.9 Å². The zero-order chi connectivity index (χ0) is 14.7. The predicted molar refractivity (Wildman–Crippen MR) is 82.2 cm³/mol. The number of piperidine rings is 1. The van der Waals surface area contributed by atoms with E-state index in [9.17, 15) is 4.79 Å². The van der Waals surface area contributed by atoms with Crippen LogP contribution in [0.3, 0.4) is 0 Å². The molecule has 2 aliphatic heterocycles. The molecule has 0 radical (unpaired) electrons. The first-order chi connectivity index (χ1) is 10.3. The highest BCUT2D eigenvalue weighted by molar-refractivity contribution is 5.99. The molecule has 0 aliphatic carbocycles. The molecule has 0 spiro atoms. The number of nitrogen functional groups attached to an aromatic ring is 1. The molecule has 0 unspecified atom stereocenters. The van der Waals surface area contributed by atoms with Gasteiger partial charge in [-0.05, 0) is 25.0 Å². The molecule has 0 saturated carbocycles. The van der Waals surface area contributed by atoms with Crippen molar-refractivity contribution in [2.75, 3.05) is 45.1 Å². The molecular weight excluding hydrogens is 266 g/mol. The molecule has 2 aliphatic rings.